The molecule has 6 nitrogen and oxygen atoms in total. The molecule has 0 amide bonds. The summed E-state index contributed by atoms with van der Waals surface area (Å²) >= 11 is 3.23. The van der Waals surface area contributed by atoms with Crippen molar-refractivity contribution < 1.29 is 23.5 Å². The molecule has 0 radical (unpaired) electrons. The Balaban J connectivity index is 3.07. The number of rotatable bonds is 6. The van der Waals surface area contributed by atoms with Crippen LogP contribution >= 0.6 is 15.9 Å². The molecule has 0 unspecified atom stereocenters. The van der Waals surface area contributed by atoms with Crippen LogP contribution in [0.1, 0.15) is 57.0 Å². The van der Waals surface area contributed by atoms with E-state index in [2.05, 4.69) is 21.1 Å². The van der Waals surface area contributed by atoms with Gasteiger partial charge in [-0.1, -0.05) is 5.16 Å². The predicted molar refractivity (Wildman–Crippen MR) is 75.4 cm³/mol. The number of carbonyl (C=O) groups excluding carboxylic acids is 1. The summed E-state index contributed by atoms with van der Waals surface area (Å²) in [7, 11) is 0. The summed E-state index contributed by atoms with van der Waals surface area (Å²) in [5, 5.41) is 3.73. The second-order valence-corrected chi connectivity index (χ2v) is 5.71. The Hall–Kier alpha value is -0.920. The van der Waals surface area contributed by atoms with Crippen molar-refractivity contribution in [2.45, 2.75) is 46.5 Å². The van der Waals surface area contributed by atoms with Gasteiger partial charge < -0.3 is 18.7 Å². The lowest BCUT2D eigenvalue weighted by atomic mass is 10.2. The predicted octanol–water partition coefficient (Wildman–Crippen LogP) is 3.46. The van der Waals surface area contributed by atoms with E-state index in [9.17, 15) is 4.79 Å². The molecule has 20 heavy (non-hydrogen) atoms. The number of nitrogens with zero attached hydrogens (tertiary/aromatic N) is 1. The van der Waals surface area contributed by atoms with Crippen molar-refractivity contribution in [3.63, 3.8) is 0 Å². The maximum Gasteiger partial charge on any atom is 0.378 e. The Morgan fingerprint density at radius 2 is 1.85 bits per heavy atom. The standard InChI is InChI=1S/C13H20BrNO5/c1-6-17-12(18-7-2)8-9(20-15-10(8)14)11(16)19-13(3,4)5/h12H,6-7H2,1-5H3. The maximum absolute atomic E-state index is 12.1. The van der Waals surface area contributed by atoms with Gasteiger partial charge in [0.25, 0.3) is 5.76 Å². The smallest absolute Gasteiger partial charge is 0.378 e. The molecule has 1 aromatic rings. The van der Waals surface area contributed by atoms with E-state index >= 15 is 0 Å². The van der Waals surface area contributed by atoms with Gasteiger partial charge in [0, 0.05) is 13.2 Å². The highest BCUT2D eigenvalue weighted by molar-refractivity contribution is 9.10. The number of aromatic nitrogens is 1. The van der Waals surface area contributed by atoms with Gasteiger partial charge in [0.05, 0.1) is 5.56 Å². The molecular formula is C13H20BrNO5. The van der Waals surface area contributed by atoms with E-state index in [4.69, 9.17) is 18.7 Å². The number of halogens is 1. The SMILES string of the molecule is CCOC(OCC)c1c(Br)noc1C(=O)OC(C)(C)C. The largest absolute Gasteiger partial charge is 0.454 e. The van der Waals surface area contributed by atoms with E-state index < -0.39 is 17.9 Å². The van der Waals surface area contributed by atoms with Gasteiger partial charge in [0.1, 0.15) is 5.60 Å². The zero-order chi connectivity index (χ0) is 15.3. The molecule has 0 aromatic carbocycles. The highest BCUT2D eigenvalue weighted by Gasteiger charge is 2.31. The number of esters is 1. The molecule has 0 aliphatic rings. The normalized spacial score (nSPS) is 11.9. The van der Waals surface area contributed by atoms with E-state index in [-0.39, 0.29) is 5.76 Å². The van der Waals surface area contributed by atoms with Gasteiger partial charge in [0.15, 0.2) is 10.9 Å². The Bertz CT molecular complexity index is 446. The summed E-state index contributed by atoms with van der Waals surface area (Å²) in [6.07, 6.45) is -0.729. The highest BCUT2D eigenvalue weighted by atomic mass is 79.9. The summed E-state index contributed by atoms with van der Waals surface area (Å²) in [4.78, 5) is 12.1. The Labute approximate surface area is 126 Å². The van der Waals surface area contributed by atoms with Crippen LogP contribution in [0.15, 0.2) is 9.13 Å². The van der Waals surface area contributed by atoms with Crippen molar-refractivity contribution in [2.75, 3.05) is 13.2 Å². The van der Waals surface area contributed by atoms with Gasteiger partial charge in [-0.15, -0.1) is 0 Å². The van der Waals surface area contributed by atoms with Crippen molar-refractivity contribution in [2.24, 2.45) is 0 Å². The summed E-state index contributed by atoms with van der Waals surface area (Å²) < 4.78 is 21.6. The first-order chi connectivity index (χ1) is 9.30. The first kappa shape index (κ1) is 17.1. The van der Waals surface area contributed by atoms with Gasteiger partial charge in [-0.05, 0) is 50.5 Å². The van der Waals surface area contributed by atoms with Crippen LogP contribution in [0.2, 0.25) is 0 Å². The minimum atomic E-state index is -0.729. The zero-order valence-electron chi connectivity index (χ0n) is 12.4. The molecule has 114 valence electrons. The van der Waals surface area contributed by atoms with E-state index in [0.717, 1.165) is 0 Å². The molecule has 0 saturated heterocycles. The molecule has 7 heteroatoms. The van der Waals surface area contributed by atoms with Crippen molar-refractivity contribution in [3.05, 3.63) is 15.9 Å². The van der Waals surface area contributed by atoms with E-state index in [1.54, 1.807) is 20.8 Å². The minimum absolute atomic E-state index is 0.0151. The van der Waals surface area contributed by atoms with E-state index in [1.807, 2.05) is 13.8 Å². The highest BCUT2D eigenvalue weighted by Crippen LogP contribution is 2.31. The van der Waals surface area contributed by atoms with Gasteiger partial charge >= 0.3 is 5.97 Å². The Morgan fingerprint density at radius 1 is 1.30 bits per heavy atom. The lowest BCUT2D eigenvalue weighted by Crippen LogP contribution is -2.25. The maximum atomic E-state index is 12.1. The summed E-state index contributed by atoms with van der Waals surface area (Å²) in [5.41, 5.74) is -0.219. The summed E-state index contributed by atoms with van der Waals surface area (Å²) in [5.74, 6) is -0.617. The average Bonchev–Trinajstić information content (AvgIpc) is 2.68. The molecule has 1 rings (SSSR count). The second-order valence-electron chi connectivity index (χ2n) is 4.96. The van der Waals surface area contributed by atoms with E-state index in [1.165, 1.54) is 0 Å². The summed E-state index contributed by atoms with van der Waals surface area (Å²) in [6.45, 7) is 9.85. The molecule has 0 atom stereocenters. The molecule has 1 aromatic heterocycles. The lowest BCUT2D eigenvalue weighted by Gasteiger charge is -2.20. The van der Waals surface area contributed by atoms with Crippen LogP contribution in [0.5, 0.6) is 0 Å². The Kier molecular flexibility index (Phi) is 6.16. The van der Waals surface area contributed by atoms with E-state index in [0.29, 0.717) is 23.4 Å². The van der Waals surface area contributed by atoms with Gasteiger partial charge in [-0.25, -0.2) is 4.79 Å². The van der Waals surface area contributed by atoms with Gasteiger partial charge in [-0.3, -0.25) is 0 Å². The van der Waals surface area contributed by atoms with Crippen LogP contribution in [0.4, 0.5) is 0 Å². The van der Waals surface area contributed by atoms with Crippen molar-refractivity contribution >= 4 is 21.9 Å². The van der Waals surface area contributed by atoms with Crippen LogP contribution in [0.25, 0.3) is 0 Å². The van der Waals surface area contributed by atoms with Crippen molar-refractivity contribution in [3.8, 4) is 0 Å². The molecule has 1 heterocycles. The number of hydrogen-bond acceptors (Lipinski definition) is 6. The molecule has 0 saturated carbocycles. The fourth-order valence-corrected chi connectivity index (χ4v) is 1.91. The molecule has 0 fully saturated rings. The first-order valence-electron chi connectivity index (χ1n) is 6.41. The molecule has 0 N–H and O–H groups in total. The van der Waals surface area contributed by atoms with Crippen LogP contribution in [-0.4, -0.2) is 29.9 Å². The average molecular weight is 350 g/mol. The fourth-order valence-electron chi connectivity index (χ4n) is 1.47. The van der Waals surface area contributed by atoms with Gasteiger partial charge in [0.2, 0.25) is 0 Å². The third-order valence-corrected chi connectivity index (χ3v) is 2.71. The molecule has 0 aliphatic carbocycles. The van der Waals surface area contributed by atoms with Crippen LogP contribution in [0, 0.1) is 0 Å². The van der Waals surface area contributed by atoms with Crippen LogP contribution < -0.4 is 0 Å². The number of hydrogen-bond donors (Lipinski definition) is 0. The van der Waals surface area contributed by atoms with Crippen molar-refractivity contribution in [1.82, 2.24) is 5.16 Å². The monoisotopic (exact) mass is 349 g/mol. The van der Waals surface area contributed by atoms with Crippen LogP contribution in [0.3, 0.4) is 0 Å². The molecule has 0 spiro atoms. The fraction of sp³-hybridized carbons (Fsp3) is 0.692. The third kappa shape index (κ3) is 4.57. The first-order valence-corrected chi connectivity index (χ1v) is 7.21. The minimum Gasteiger partial charge on any atom is -0.454 e. The molecule has 0 bridgehead atoms. The topological polar surface area (TPSA) is 70.8 Å². The molecule has 0 aliphatic heterocycles. The quantitative estimate of drug-likeness (QED) is 0.578. The zero-order valence-corrected chi connectivity index (χ0v) is 13.9. The third-order valence-electron chi connectivity index (χ3n) is 2.14. The van der Waals surface area contributed by atoms with Gasteiger partial charge in [-0.2, -0.15) is 0 Å². The van der Waals surface area contributed by atoms with Crippen LogP contribution in [-0.2, 0) is 14.2 Å². The number of ether oxygens (including phenoxy) is 3. The lowest BCUT2D eigenvalue weighted by molar-refractivity contribution is -0.141. The number of carbonyl (C=O) groups is 1. The second kappa shape index (κ2) is 7.19. The summed E-state index contributed by atoms with van der Waals surface area (Å²) in [6, 6.07) is 0. The van der Waals surface area contributed by atoms with Crippen molar-refractivity contribution in [1.29, 1.82) is 0 Å². The molecular weight excluding hydrogens is 330 g/mol. The Morgan fingerprint density at radius 3 is 2.30 bits per heavy atom.